The number of piperazine rings is 1. The molecular formula is C14H22ClN3O3S. The molecule has 2 N–H and O–H groups in total. The van der Waals surface area contributed by atoms with E-state index in [4.69, 9.17) is 0 Å². The lowest BCUT2D eigenvalue weighted by Gasteiger charge is -2.32. The van der Waals surface area contributed by atoms with Crippen LogP contribution in [0.25, 0.3) is 0 Å². The normalized spacial score (nSPS) is 19.2. The van der Waals surface area contributed by atoms with Crippen molar-refractivity contribution in [1.82, 2.24) is 15.5 Å². The second-order valence-corrected chi connectivity index (χ2v) is 7.16. The maximum absolute atomic E-state index is 12.2. The summed E-state index contributed by atoms with van der Waals surface area (Å²) in [7, 11) is -1.67. The number of carbonyl (C=O) groups is 1. The van der Waals surface area contributed by atoms with Crippen molar-refractivity contribution in [1.29, 1.82) is 0 Å². The molecular weight excluding hydrogens is 326 g/mol. The Bertz CT molecular complexity index is 580. The number of amides is 1. The minimum Gasteiger partial charge on any atom is -0.358 e. The molecule has 0 bridgehead atoms. The monoisotopic (exact) mass is 347 g/mol. The van der Waals surface area contributed by atoms with Crippen LogP contribution in [0.1, 0.15) is 0 Å². The van der Waals surface area contributed by atoms with E-state index in [2.05, 4.69) is 10.6 Å². The first-order valence-electron chi connectivity index (χ1n) is 6.98. The zero-order valence-corrected chi connectivity index (χ0v) is 14.1. The summed E-state index contributed by atoms with van der Waals surface area (Å²) in [5.74, 6) is 0.00270. The van der Waals surface area contributed by atoms with E-state index in [0.717, 1.165) is 6.54 Å². The van der Waals surface area contributed by atoms with Gasteiger partial charge >= 0.3 is 0 Å². The molecule has 0 spiro atoms. The molecule has 1 atom stereocenters. The Hall–Kier alpha value is -1.15. The highest BCUT2D eigenvalue weighted by molar-refractivity contribution is 7.91. The van der Waals surface area contributed by atoms with Crippen molar-refractivity contribution >= 4 is 28.2 Å². The highest BCUT2D eigenvalue weighted by atomic mass is 35.5. The van der Waals surface area contributed by atoms with Crippen molar-refractivity contribution in [3.63, 3.8) is 0 Å². The van der Waals surface area contributed by atoms with E-state index in [9.17, 15) is 13.2 Å². The first-order valence-corrected chi connectivity index (χ1v) is 8.63. The van der Waals surface area contributed by atoms with Crippen LogP contribution in [0.3, 0.4) is 0 Å². The maximum Gasteiger partial charge on any atom is 0.238 e. The van der Waals surface area contributed by atoms with Gasteiger partial charge in [-0.2, -0.15) is 0 Å². The van der Waals surface area contributed by atoms with Gasteiger partial charge in [-0.3, -0.25) is 9.69 Å². The topological polar surface area (TPSA) is 78.5 Å². The zero-order chi connectivity index (χ0) is 15.3. The third-order valence-electron chi connectivity index (χ3n) is 3.60. The zero-order valence-electron chi connectivity index (χ0n) is 12.5. The lowest BCUT2D eigenvalue weighted by molar-refractivity contribution is -0.123. The molecule has 6 nitrogen and oxygen atoms in total. The van der Waals surface area contributed by atoms with Crippen molar-refractivity contribution in [2.75, 3.05) is 39.0 Å². The first-order chi connectivity index (χ1) is 10.0. The average Bonchev–Trinajstić information content (AvgIpc) is 2.53. The average molecular weight is 348 g/mol. The van der Waals surface area contributed by atoms with Crippen molar-refractivity contribution in [3.8, 4) is 0 Å². The quantitative estimate of drug-likeness (QED) is 0.778. The van der Waals surface area contributed by atoms with E-state index in [1.54, 1.807) is 37.4 Å². The Morgan fingerprint density at radius 3 is 2.68 bits per heavy atom. The van der Waals surface area contributed by atoms with Crippen molar-refractivity contribution in [2.24, 2.45) is 0 Å². The molecule has 1 amide bonds. The predicted molar refractivity (Wildman–Crippen MR) is 88.0 cm³/mol. The molecule has 0 saturated carbocycles. The Morgan fingerprint density at radius 2 is 2.05 bits per heavy atom. The molecule has 1 aliphatic heterocycles. The van der Waals surface area contributed by atoms with Crippen LogP contribution in [0, 0.1) is 0 Å². The molecule has 1 fully saturated rings. The Morgan fingerprint density at radius 1 is 1.36 bits per heavy atom. The Kier molecular flexibility index (Phi) is 7.28. The van der Waals surface area contributed by atoms with Crippen LogP contribution in [-0.2, 0) is 14.6 Å². The van der Waals surface area contributed by atoms with Crippen LogP contribution in [-0.4, -0.2) is 64.2 Å². The number of hydrogen-bond acceptors (Lipinski definition) is 5. The van der Waals surface area contributed by atoms with E-state index in [-0.39, 0.29) is 30.1 Å². The fourth-order valence-electron chi connectivity index (χ4n) is 2.36. The second-order valence-electron chi connectivity index (χ2n) is 5.05. The van der Waals surface area contributed by atoms with Gasteiger partial charge in [0.1, 0.15) is 0 Å². The smallest absolute Gasteiger partial charge is 0.238 e. The van der Waals surface area contributed by atoms with Gasteiger partial charge in [-0.15, -0.1) is 12.4 Å². The summed E-state index contributed by atoms with van der Waals surface area (Å²) in [5.41, 5.74) is 0. The largest absolute Gasteiger partial charge is 0.358 e. The molecule has 1 aliphatic rings. The highest BCUT2D eigenvalue weighted by Gasteiger charge is 2.25. The highest BCUT2D eigenvalue weighted by Crippen LogP contribution is 2.11. The molecule has 1 unspecified atom stereocenters. The van der Waals surface area contributed by atoms with Gasteiger partial charge in [0.15, 0.2) is 9.84 Å². The first kappa shape index (κ1) is 18.9. The lowest BCUT2D eigenvalue weighted by atomic mass is 10.2. The van der Waals surface area contributed by atoms with Gasteiger partial charge in [-0.25, -0.2) is 8.42 Å². The van der Waals surface area contributed by atoms with Crippen molar-refractivity contribution < 1.29 is 13.2 Å². The number of nitrogens with one attached hydrogen (secondary N) is 2. The maximum atomic E-state index is 12.2. The fourth-order valence-corrected chi connectivity index (χ4v) is 3.66. The van der Waals surface area contributed by atoms with Gasteiger partial charge in [0, 0.05) is 33.2 Å². The molecule has 1 aromatic carbocycles. The molecule has 0 aliphatic carbocycles. The van der Waals surface area contributed by atoms with Crippen LogP contribution in [0.5, 0.6) is 0 Å². The number of halogens is 1. The summed E-state index contributed by atoms with van der Waals surface area (Å²) in [4.78, 5) is 14.0. The van der Waals surface area contributed by atoms with Crippen molar-refractivity contribution in [2.45, 2.75) is 10.9 Å². The number of benzene rings is 1. The van der Waals surface area contributed by atoms with E-state index >= 15 is 0 Å². The minimum atomic E-state index is -3.27. The number of hydrogen-bond donors (Lipinski definition) is 2. The number of carbonyl (C=O) groups excluding carboxylic acids is 1. The summed E-state index contributed by atoms with van der Waals surface area (Å²) in [5, 5.41) is 5.73. The van der Waals surface area contributed by atoms with Gasteiger partial charge in [0.25, 0.3) is 0 Å². The van der Waals surface area contributed by atoms with Gasteiger partial charge < -0.3 is 10.6 Å². The van der Waals surface area contributed by atoms with E-state index < -0.39 is 9.84 Å². The molecule has 1 aromatic rings. The molecule has 2 rings (SSSR count). The summed E-state index contributed by atoms with van der Waals surface area (Å²) < 4.78 is 24.4. The lowest BCUT2D eigenvalue weighted by Crippen LogP contribution is -2.57. The third-order valence-corrected chi connectivity index (χ3v) is 5.31. The van der Waals surface area contributed by atoms with E-state index in [0.29, 0.717) is 24.5 Å². The third kappa shape index (κ3) is 4.95. The number of sulfone groups is 1. The van der Waals surface area contributed by atoms with Crippen LogP contribution >= 0.6 is 12.4 Å². The van der Waals surface area contributed by atoms with E-state index in [1.165, 1.54) is 0 Å². The Labute approximate surface area is 137 Å². The van der Waals surface area contributed by atoms with Crippen LogP contribution < -0.4 is 10.6 Å². The van der Waals surface area contributed by atoms with Gasteiger partial charge in [0.05, 0.1) is 16.7 Å². The van der Waals surface area contributed by atoms with Gasteiger partial charge in [0.2, 0.25) is 5.91 Å². The SMILES string of the molecule is CNC(=O)C1CN(CCS(=O)(=O)c2ccccc2)CCN1.Cl. The minimum absolute atomic E-state index is 0. The Balaban J connectivity index is 0.00000242. The van der Waals surface area contributed by atoms with E-state index in [1.807, 2.05) is 4.90 Å². The fraction of sp³-hybridized carbons (Fsp3) is 0.500. The molecule has 0 aromatic heterocycles. The molecule has 1 heterocycles. The van der Waals surface area contributed by atoms with Crippen LogP contribution in [0.15, 0.2) is 35.2 Å². The summed E-state index contributed by atoms with van der Waals surface area (Å²) >= 11 is 0. The number of nitrogens with zero attached hydrogens (tertiary/aromatic N) is 1. The molecule has 22 heavy (non-hydrogen) atoms. The van der Waals surface area contributed by atoms with Crippen LogP contribution in [0.4, 0.5) is 0 Å². The second kappa shape index (κ2) is 8.47. The number of likely N-dealkylation sites (N-methyl/N-ethyl adjacent to an activating group) is 1. The molecule has 8 heteroatoms. The molecule has 124 valence electrons. The van der Waals surface area contributed by atoms with Gasteiger partial charge in [-0.05, 0) is 12.1 Å². The molecule has 1 saturated heterocycles. The molecule has 0 radical (unpaired) electrons. The summed E-state index contributed by atoms with van der Waals surface area (Å²) in [6.07, 6.45) is 0. The van der Waals surface area contributed by atoms with Crippen LogP contribution in [0.2, 0.25) is 0 Å². The summed E-state index contributed by atoms with van der Waals surface area (Å²) in [6, 6.07) is 8.19. The number of rotatable bonds is 5. The standard InChI is InChI=1S/C14H21N3O3S.ClH/c1-15-14(18)13-11-17(8-7-16-13)9-10-21(19,20)12-5-3-2-4-6-12;/h2-6,13,16H,7-11H2,1H3,(H,15,18);1H. The van der Waals surface area contributed by atoms with Crippen molar-refractivity contribution in [3.05, 3.63) is 30.3 Å². The summed E-state index contributed by atoms with van der Waals surface area (Å²) in [6.45, 7) is 2.40. The van der Waals surface area contributed by atoms with Gasteiger partial charge in [-0.1, -0.05) is 18.2 Å². The predicted octanol–water partition coefficient (Wildman–Crippen LogP) is -0.0981.